The van der Waals surface area contributed by atoms with Gasteiger partial charge in [0, 0.05) is 6.20 Å². The summed E-state index contributed by atoms with van der Waals surface area (Å²) >= 11 is 0. The molecule has 0 fully saturated rings. The number of carbonyl (C=O) groups is 1. The highest BCUT2D eigenvalue weighted by Gasteiger charge is 2.22. The number of ether oxygens (including phenoxy) is 1. The van der Waals surface area contributed by atoms with E-state index < -0.39 is 16.0 Å². The fraction of sp³-hybridized carbons (Fsp3) is 0.154. The number of hydrogen-bond donors (Lipinski definition) is 0. The average Bonchev–Trinajstić information content (AvgIpc) is 2.88. The predicted molar refractivity (Wildman–Crippen MR) is 69.5 cm³/mol. The molecule has 5 nitrogen and oxygen atoms in total. The summed E-state index contributed by atoms with van der Waals surface area (Å²) in [6, 6.07) is 9.30. The van der Waals surface area contributed by atoms with Gasteiger partial charge in [0.05, 0.1) is 12.0 Å². The lowest BCUT2D eigenvalue weighted by molar-refractivity contribution is 0.0593. The molecule has 1 aromatic heterocycles. The Kier molecular flexibility index (Phi) is 3.44. The molecule has 1 heterocycles. The van der Waals surface area contributed by atoms with Crippen LogP contribution in [0.1, 0.15) is 16.1 Å². The van der Waals surface area contributed by atoms with Crippen molar-refractivity contribution < 1.29 is 17.9 Å². The van der Waals surface area contributed by atoms with Crippen LogP contribution in [-0.2, 0) is 14.8 Å². The monoisotopic (exact) mass is 279 g/mol. The first-order chi connectivity index (χ1) is 8.96. The van der Waals surface area contributed by atoms with Crippen LogP contribution in [0.3, 0.4) is 0 Å². The molecule has 0 bridgehead atoms. The molecule has 0 aliphatic rings. The summed E-state index contributed by atoms with van der Waals surface area (Å²) in [7, 11) is -2.58. The molecule has 1 aromatic carbocycles. The Hall–Kier alpha value is -2.08. The second-order valence-corrected chi connectivity index (χ2v) is 5.81. The van der Waals surface area contributed by atoms with Crippen LogP contribution in [0.5, 0.6) is 0 Å². The third-order valence-electron chi connectivity index (χ3n) is 2.69. The molecule has 2 rings (SSSR count). The van der Waals surface area contributed by atoms with Crippen molar-refractivity contribution in [2.75, 3.05) is 7.11 Å². The fourth-order valence-electron chi connectivity index (χ4n) is 1.66. The minimum atomic E-state index is -3.78. The smallest absolute Gasteiger partial charge is 0.355 e. The first-order valence-corrected chi connectivity index (χ1v) is 6.99. The summed E-state index contributed by atoms with van der Waals surface area (Å²) in [4.78, 5) is 11.6. The Labute approximate surface area is 111 Å². The highest BCUT2D eigenvalue weighted by Crippen LogP contribution is 2.17. The van der Waals surface area contributed by atoms with E-state index in [1.807, 2.05) is 6.92 Å². The summed E-state index contributed by atoms with van der Waals surface area (Å²) in [6.07, 6.45) is 1.32. The largest absolute Gasteiger partial charge is 0.464 e. The van der Waals surface area contributed by atoms with E-state index in [1.165, 1.54) is 37.6 Å². The van der Waals surface area contributed by atoms with Crippen molar-refractivity contribution in [2.24, 2.45) is 0 Å². The molecule has 19 heavy (non-hydrogen) atoms. The van der Waals surface area contributed by atoms with Gasteiger partial charge in [-0.2, -0.15) is 0 Å². The number of benzene rings is 1. The van der Waals surface area contributed by atoms with Crippen LogP contribution in [0.4, 0.5) is 0 Å². The number of aromatic nitrogens is 1. The Bertz CT molecular complexity index is 698. The Morgan fingerprint density at radius 1 is 1.16 bits per heavy atom. The van der Waals surface area contributed by atoms with Crippen molar-refractivity contribution in [3.8, 4) is 0 Å². The third-order valence-corrected chi connectivity index (χ3v) is 4.39. The highest BCUT2D eigenvalue weighted by molar-refractivity contribution is 7.90. The molecule has 0 unspecified atom stereocenters. The van der Waals surface area contributed by atoms with Crippen LogP contribution in [-0.4, -0.2) is 25.5 Å². The van der Waals surface area contributed by atoms with Crippen molar-refractivity contribution in [3.05, 3.63) is 53.9 Å². The van der Waals surface area contributed by atoms with Gasteiger partial charge in [0.1, 0.15) is 5.69 Å². The summed E-state index contributed by atoms with van der Waals surface area (Å²) in [5.41, 5.74) is 0.933. The van der Waals surface area contributed by atoms with Crippen LogP contribution in [0.25, 0.3) is 0 Å². The number of hydrogen-bond acceptors (Lipinski definition) is 4. The summed E-state index contributed by atoms with van der Waals surface area (Å²) in [5.74, 6) is -0.694. The number of carbonyl (C=O) groups excluding carboxylic acids is 1. The second-order valence-electron chi connectivity index (χ2n) is 4.00. The molecule has 0 spiro atoms. The van der Waals surface area contributed by atoms with E-state index in [1.54, 1.807) is 12.1 Å². The van der Waals surface area contributed by atoms with Crippen LogP contribution in [0, 0.1) is 6.92 Å². The molecule has 0 atom stereocenters. The zero-order valence-electron chi connectivity index (χ0n) is 10.5. The molecule has 0 amide bonds. The molecule has 0 aliphatic carbocycles. The second kappa shape index (κ2) is 4.89. The number of esters is 1. The van der Waals surface area contributed by atoms with E-state index in [-0.39, 0.29) is 10.6 Å². The lowest BCUT2D eigenvalue weighted by atomic mass is 10.2. The van der Waals surface area contributed by atoms with Crippen molar-refractivity contribution >= 4 is 16.0 Å². The first-order valence-electron chi connectivity index (χ1n) is 5.55. The van der Waals surface area contributed by atoms with E-state index in [0.717, 1.165) is 9.54 Å². The van der Waals surface area contributed by atoms with Crippen LogP contribution >= 0.6 is 0 Å². The third kappa shape index (κ3) is 2.39. The van der Waals surface area contributed by atoms with Gasteiger partial charge in [-0.1, -0.05) is 17.7 Å². The van der Waals surface area contributed by atoms with Gasteiger partial charge in [0.25, 0.3) is 10.0 Å². The maximum Gasteiger partial charge on any atom is 0.355 e. The van der Waals surface area contributed by atoms with E-state index in [4.69, 9.17) is 0 Å². The Morgan fingerprint density at radius 3 is 2.37 bits per heavy atom. The molecule has 0 aliphatic heterocycles. The van der Waals surface area contributed by atoms with Crippen LogP contribution in [0.15, 0.2) is 47.5 Å². The molecule has 2 aromatic rings. The fourth-order valence-corrected chi connectivity index (χ4v) is 2.99. The average molecular weight is 279 g/mol. The standard InChI is InChI=1S/C13H13NO4S/c1-10-5-7-11(8-6-10)19(16,17)14-9-3-4-12(14)13(15)18-2/h3-9H,1-2H3. The molecular formula is C13H13NO4S. The molecule has 6 heteroatoms. The normalized spacial score (nSPS) is 11.3. The maximum atomic E-state index is 12.4. The van der Waals surface area contributed by atoms with Crippen molar-refractivity contribution in [1.29, 1.82) is 0 Å². The highest BCUT2D eigenvalue weighted by atomic mass is 32.2. The van der Waals surface area contributed by atoms with Gasteiger partial charge in [0.2, 0.25) is 0 Å². The molecule has 0 saturated heterocycles. The Balaban J connectivity index is 2.54. The first kappa shape index (κ1) is 13.4. The number of rotatable bonds is 3. The van der Waals surface area contributed by atoms with E-state index in [0.29, 0.717) is 0 Å². The van der Waals surface area contributed by atoms with Crippen LogP contribution in [0.2, 0.25) is 0 Å². The molecule has 0 saturated carbocycles. The Morgan fingerprint density at radius 2 is 1.79 bits per heavy atom. The zero-order valence-corrected chi connectivity index (χ0v) is 11.3. The molecular weight excluding hydrogens is 266 g/mol. The van der Waals surface area contributed by atoms with E-state index >= 15 is 0 Å². The van der Waals surface area contributed by atoms with Gasteiger partial charge in [0.15, 0.2) is 0 Å². The van der Waals surface area contributed by atoms with Crippen LogP contribution < -0.4 is 0 Å². The van der Waals surface area contributed by atoms with Crippen molar-refractivity contribution in [3.63, 3.8) is 0 Å². The molecule has 0 radical (unpaired) electrons. The topological polar surface area (TPSA) is 65.4 Å². The summed E-state index contributed by atoms with van der Waals surface area (Å²) in [6.45, 7) is 1.87. The predicted octanol–water partition coefficient (Wildman–Crippen LogP) is 1.82. The SMILES string of the molecule is COC(=O)c1cccn1S(=O)(=O)c1ccc(C)cc1. The van der Waals surface area contributed by atoms with E-state index in [9.17, 15) is 13.2 Å². The van der Waals surface area contributed by atoms with Gasteiger partial charge in [-0.3, -0.25) is 0 Å². The van der Waals surface area contributed by atoms with Gasteiger partial charge < -0.3 is 4.74 Å². The van der Waals surface area contributed by atoms with Gasteiger partial charge >= 0.3 is 5.97 Å². The lowest BCUT2D eigenvalue weighted by Crippen LogP contribution is -2.18. The maximum absolute atomic E-state index is 12.4. The van der Waals surface area contributed by atoms with Gasteiger partial charge in [-0.05, 0) is 31.2 Å². The minimum absolute atomic E-state index is 0.0249. The van der Waals surface area contributed by atoms with Crippen molar-refractivity contribution in [1.82, 2.24) is 3.97 Å². The van der Waals surface area contributed by atoms with Gasteiger partial charge in [-0.15, -0.1) is 0 Å². The van der Waals surface area contributed by atoms with Crippen molar-refractivity contribution in [2.45, 2.75) is 11.8 Å². The van der Waals surface area contributed by atoms with Gasteiger partial charge in [-0.25, -0.2) is 17.2 Å². The summed E-state index contributed by atoms with van der Waals surface area (Å²) < 4.78 is 30.3. The zero-order chi connectivity index (χ0) is 14.0. The molecule has 100 valence electrons. The summed E-state index contributed by atoms with van der Waals surface area (Å²) in [5, 5.41) is 0. The number of methoxy groups -OCH3 is 1. The van der Waals surface area contributed by atoms with E-state index in [2.05, 4.69) is 4.74 Å². The number of nitrogens with zero attached hydrogens (tertiary/aromatic N) is 1. The number of aryl methyl sites for hydroxylation is 1. The quantitative estimate of drug-likeness (QED) is 0.804. The minimum Gasteiger partial charge on any atom is -0.464 e. The lowest BCUT2D eigenvalue weighted by Gasteiger charge is -2.09. The molecule has 0 N–H and O–H groups in total.